The minimum Gasteiger partial charge on any atom is -0.371 e. The van der Waals surface area contributed by atoms with Crippen molar-refractivity contribution in [2.75, 3.05) is 32.8 Å². The fourth-order valence-electron chi connectivity index (χ4n) is 4.27. The molecular formula is C20H24N6O2. The number of nitrogens with one attached hydrogen (secondary N) is 1. The van der Waals surface area contributed by atoms with Gasteiger partial charge in [0.1, 0.15) is 0 Å². The van der Waals surface area contributed by atoms with Gasteiger partial charge < -0.3 is 19.5 Å². The third kappa shape index (κ3) is 2.89. The number of carbonyl (C=O) groups is 1. The smallest absolute Gasteiger partial charge is 0.255 e. The summed E-state index contributed by atoms with van der Waals surface area (Å²) in [6.07, 6.45) is 5.71. The van der Waals surface area contributed by atoms with Crippen molar-refractivity contribution in [3.63, 3.8) is 0 Å². The summed E-state index contributed by atoms with van der Waals surface area (Å²) in [6.45, 7) is 3.75. The number of nitrogens with zero attached hydrogens (tertiary/aromatic N) is 5. The van der Waals surface area contributed by atoms with Gasteiger partial charge in [-0.05, 0) is 50.2 Å². The summed E-state index contributed by atoms with van der Waals surface area (Å²) < 4.78 is 9.99. The van der Waals surface area contributed by atoms with Crippen LogP contribution in [0.1, 0.15) is 23.2 Å². The Morgan fingerprint density at radius 3 is 2.86 bits per heavy atom. The zero-order valence-corrected chi connectivity index (χ0v) is 16.0. The highest BCUT2D eigenvalue weighted by Crippen LogP contribution is 2.28. The summed E-state index contributed by atoms with van der Waals surface area (Å²) in [4.78, 5) is 15.2. The second-order valence-corrected chi connectivity index (χ2v) is 7.68. The summed E-state index contributed by atoms with van der Waals surface area (Å²) >= 11 is 0. The number of ether oxygens (including phenoxy) is 1. The number of carbonyl (C=O) groups excluding carboxylic acids is 1. The fraction of sp³-hybridized carbons (Fsp3) is 0.450. The van der Waals surface area contributed by atoms with Gasteiger partial charge in [0.05, 0.1) is 30.0 Å². The van der Waals surface area contributed by atoms with Crippen molar-refractivity contribution in [1.82, 2.24) is 29.4 Å². The van der Waals surface area contributed by atoms with Crippen molar-refractivity contribution in [2.24, 2.45) is 7.05 Å². The lowest BCUT2D eigenvalue weighted by Gasteiger charge is -2.45. The van der Waals surface area contributed by atoms with Crippen LogP contribution in [0, 0.1) is 0 Å². The van der Waals surface area contributed by atoms with E-state index in [1.165, 1.54) is 0 Å². The Hall–Kier alpha value is -2.71. The number of amides is 1. The highest BCUT2D eigenvalue weighted by Gasteiger charge is 2.39. The maximum atomic E-state index is 13.3. The second-order valence-electron chi connectivity index (χ2n) is 7.68. The van der Waals surface area contributed by atoms with E-state index in [-0.39, 0.29) is 11.5 Å². The molecular weight excluding hydrogens is 356 g/mol. The predicted octanol–water partition coefficient (Wildman–Crippen LogP) is 1.33. The number of aryl methyl sites for hydroxylation is 1. The summed E-state index contributed by atoms with van der Waals surface area (Å²) in [6, 6.07) is 7.66. The van der Waals surface area contributed by atoms with Gasteiger partial charge in [0.25, 0.3) is 5.91 Å². The molecule has 2 saturated heterocycles. The normalized spacial score (nSPS) is 19.4. The van der Waals surface area contributed by atoms with Crippen LogP contribution in [0.5, 0.6) is 0 Å². The molecule has 3 aromatic rings. The van der Waals surface area contributed by atoms with Crippen molar-refractivity contribution in [2.45, 2.75) is 18.4 Å². The topological polar surface area (TPSA) is 76.7 Å². The summed E-state index contributed by atoms with van der Waals surface area (Å²) in [5.74, 6) is 0.767. The molecule has 8 heteroatoms. The molecule has 28 heavy (non-hydrogen) atoms. The van der Waals surface area contributed by atoms with Gasteiger partial charge in [0.15, 0.2) is 11.5 Å². The Balaban J connectivity index is 1.45. The summed E-state index contributed by atoms with van der Waals surface area (Å²) in [5.41, 5.74) is 2.13. The molecule has 146 valence electrons. The average Bonchev–Trinajstić information content (AvgIpc) is 3.33. The van der Waals surface area contributed by atoms with Crippen molar-refractivity contribution in [1.29, 1.82) is 0 Å². The second kappa shape index (κ2) is 6.72. The van der Waals surface area contributed by atoms with E-state index in [4.69, 9.17) is 4.74 Å². The van der Waals surface area contributed by atoms with Crippen LogP contribution >= 0.6 is 0 Å². The molecule has 2 aliphatic heterocycles. The van der Waals surface area contributed by atoms with Gasteiger partial charge in [0.2, 0.25) is 0 Å². The van der Waals surface area contributed by atoms with E-state index < -0.39 is 0 Å². The van der Waals surface area contributed by atoms with E-state index in [2.05, 4.69) is 15.5 Å². The maximum absolute atomic E-state index is 13.3. The van der Waals surface area contributed by atoms with Crippen LogP contribution in [0.2, 0.25) is 0 Å². The molecule has 8 nitrogen and oxygen atoms in total. The molecule has 0 aromatic carbocycles. The van der Waals surface area contributed by atoms with Gasteiger partial charge in [-0.3, -0.25) is 9.20 Å². The monoisotopic (exact) mass is 380 g/mol. The number of rotatable bonds is 2. The molecule has 0 unspecified atom stereocenters. The standard InChI is InChI=1S/C20H24N6O2/c1-24-10-2-3-16(24)18-23-22-17-5-4-15(13-26(17)18)19(27)25-11-12-28-20(14-25)6-8-21-9-7-20/h2-5,10,13,21H,6-9,11-12,14H2,1H3. The number of morpholine rings is 1. The predicted molar refractivity (Wildman–Crippen MR) is 104 cm³/mol. The minimum atomic E-state index is -0.200. The number of hydrogen-bond acceptors (Lipinski definition) is 5. The molecule has 1 amide bonds. The molecule has 2 fully saturated rings. The fourth-order valence-corrected chi connectivity index (χ4v) is 4.27. The zero-order chi connectivity index (χ0) is 19.1. The largest absolute Gasteiger partial charge is 0.371 e. The Kier molecular flexibility index (Phi) is 4.17. The molecule has 0 aliphatic carbocycles. The lowest BCUT2D eigenvalue weighted by molar-refractivity contribution is -0.114. The Morgan fingerprint density at radius 1 is 1.21 bits per heavy atom. The van der Waals surface area contributed by atoms with Crippen LogP contribution in [0.3, 0.4) is 0 Å². The van der Waals surface area contributed by atoms with Gasteiger partial charge in [0, 0.05) is 26.0 Å². The van der Waals surface area contributed by atoms with Crippen LogP contribution < -0.4 is 5.32 Å². The lowest BCUT2D eigenvalue weighted by atomic mass is 9.90. The molecule has 5 rings (SSSR count). The first-order chi connectivity index (χ1) is 13.7. The third-order valence-corrected chi connectivity index (χ3v) is 5.87. The van der Waals surface area contributed by atoms with E-state index in [0.717, 1.165) is 43.1 Å². The van der Waals surface area contributed by atoms with Gasteiger partial charge in [-0.1, -0.05) is 0 Å². The highest BCUT2D eigenvalue weighted by molar-refractivity contribution is 5.94. The Bertz CT molecular complexity index is 1010. The lowest BCUT2D eigenvalue weighted by Crippen LogP contribution is -2.57. The zero-order valence-electron chi connectivity index (χ0n) is 16.0. The van der Waals surface area contributed by atoms with Crippen LogP contribution in [0.25, 0.3) is 17.2 Å². The SMILES string of the molecule is Cn1cccc1-c1nnc2ccc(C(=O)N3CCOC4(CCNCC4)C3)cn12. The molecule has 0 bridgehead atoms. The van der Waals surface area contributed by atoms with Crippen molar-refractivity contribution in [3.8, 4) is 11.5 Å². The Labute approximate surface area is 163 Å². The van der Waals surface area contributed by atoms with E-state index in [1.807, 2.05) is 57.6 Å². The molecule has 5 heterocycles. The number of piperidine rings is 1. The van der Waals surface area contributed by atoms with Crippen LogP contribution in [0.4, 0.5) is 0 Å². The molecule has 1 spiro atoms. The maximum Gasteiger partial charge on any atom is 0.255 e. The van der Waals surface area contributed by atoms with Crippen molar-refractivity contribution < 1.29 is 9.53 Å². The Morgan fingerprint density at radius 2 is 2.07 bits per heavy atom. The molecule has 1 N–H and O–H groups in total. The van der Waals surface area contributed by atoms with E-state index in [0.29, 0.717) is 25.3 Å². The molecule has 0 radical (unpaired) electrons. The molecule has 0 atom stereocenters. The first kappa shape index (κ1) is 17.4. The molecule has 0 saturated carbocycles. The van der Waals surface area contributed by atoms with Gasteiger partial charge in [-0.2, -0.15) is 0 Å². The van der Waals surface area contributed by atoms with Gasteiger partial charge in [-0.15, -0.1) is 10.2 Å². The van der Waals surface area contributed by atoms with Crippen LogP contribution in [-0.2, 0) is 11.8 Å². The van der Waals surface area contributed by atoms with Crippen molar-refractivity contribution >= 4 is 11.6 Å². The number of hydrogen-bond donors (Lipinski definition) is 1. The summed E-state index contributed by atoms with van der Waals surface area (Å²) in [5, 5.41) is 11.9. The van der Waals surface area contributed by atoms with Crippen LogP contribution in [0.15, 0.2) is 36.7 Å². The highest BCUT2D eigenvalue weighted by atomic mass is 16.5. The van der Waals surface area contributed by atoms with Crippen molar-refractivity contribution in [3.05, 3.63) is 42.2 Å². The first-order valence-corrected chi connectivity index (χ1v) is 9.76. The average molecular weight is 380 g/mol. The van der Waals surface area contributed by atoms with Gasteiger partial charge in [-0.25, -0.2) is 0 Å². The molecule has 3 aromatic heterocycles. The number of aromatic nitrogens is 4. The third-order valence-electron chi connectivity index (χ3n) is 5.87. The molecule has 2 aliphatic rings. The van der Waals surface area contributed by atoms with E-state index >= 15 is 0 Å². The van der Waals surface area contributed by atoms with Crippen LogP contribution in [-0.4, -0.2) is 68.4 Å². The van der Waals surface area contributed by atoms with E-state index in [9.17, 15) is 4.79 Å². The quantitative estimate of drug-likeness (QED) is 0.726. The number of pyridine rings is 1. The number of fused-ring (bicyclic) bond motifs is 1. The first-order valence-electron chi connectivity index (χ1n) is 9.76. The van der Waals surface area contributed by atoms with Gasteiger partial charge >= 0.3 is 0 Å². The minimum absolute atomic E-state index is 0.0367. The van der Waals surface area contributed by atoms with E-state index in [1.54, 1.807) is 0 Å². The summed E-state index contributed by atoms with van der Waals surface area (Å²) in [7, 11) is 1.97.